The lowest BCUT2D eigenvalue weighted by Gasteiger charge is -2.11. The number of carbonyl (C=O) groups is 1. The molecule has 0 amide bonds. The molecule has 1 aromatic heterocycles. The van der Waals surface area contributed by atoms with E-state index in [4.69, 9.17) is 5.11 Å². The summed E-state index contributed by atoms with van der Waals surface area (Å²) in [5, 5.41) is 9.42. The molecule has 0 aliphatic rings. The van der Waals surface area contributed by atoms with E-state index in [-0.39, 0.29) is 16.6 Å². The zero-order valence-electron chi connectivity index (χ0n) is 12.6. The van der Waals surface area contributed by atoms with Crippen LogP contribution in [0.5, 0.6) is 0 Å². The van der Waals surface area contributed by atoms with E-state index in [1.54, 1.807) is 0 Å². The third-order valence-electron chi connectivity index (χ3n) is 3.77. The summed E-state index contributed by atoms with van der Waals surface area (Å²) in [6.07, 6.45) is 5.19. The maximum absolute atomic E-state index is 14.3. The number of hydrogen-bond donors (Lipinski definition) is 1. The van der Waals surface area contributed by atoms with E-state index < -0.39 is 11.8 Å². The number of aromatic carboxylic acids is 1. The third-order valence-corrected chi connectivity index (χ3v) is 3.77. The molecule has 0 aliphatic heterocycles. The highest BCUT2D eigenvalue weighted by Gasteiger charge is 2.13. The van der Waals surface area contributed by atoms with E-state index in [0.717, 1.165) is 38.2 Å². The summed E-state index contributed by atoms with van der Waals surface area (Å²) in [5.41, 5.74) is -0.184. The highest BCUT2D eigenvalue weighted by molar-refractivity contribution is 5.93. The number of pyridine rings is 1. The molecule has 2 rings (SSSR count). The van der Waals surface area contributed by atoms with Crippen LogP contribution < -0.4 is 5.56 Å². The zero-order valence-corrected chi connectivity index (χ0v) is 12.6. The number of nitrogens with zero attached hydrogens (tertiary/aromatic N) is 1. The number of aromatic nitrogens is 1. The van der Waals surface area contributed by atoms with Crippen LogP contribution in [0, 0.1) is 5.82 Å². The fraction of sp³-hybridized carbons (Fsp3) is 0.412. The lowest BCUT2D eigenvalue weighted by Crippen LogP contribution is -2.20. The molecule has 1 N–H and O–H groups in total. The van der Waals surface area contributed by atoms with Crippen molar-refractivity contribution >= 4 is 16.9 Å². The number of fused-ring (bicyclic) bond motifs is 1. The van der Waals surface area contributed by atoms with Crippen LogP contribution in [0.1, 0.15) is 49.4 Å². The van der Waals surface area contributed by atoms with Gasteiger partial charge >= 0.3 is 5.97 Å². The van der Waals surface area contributed by atoms with Crippen molar-refractivity contribution in [3.8, 4) is 0 Å². The second kappa shape index (κ2) is 7.20. The first-order valence-electron chi connectivity index (χ1n) is 7.61. The lowest BCUT2D eigenvalue weighted by atomic mass is 10.1. The largest absolute Gasteiger partial charge is 0.478 e. The molecule has 0 unspecified atom stereocenters. The Morgan fingerprint density at radius 1 is 1.18 bits per heavy atom. The summed E-state index contributed by atoms with van der Waals surface area (Å²) in [4.78, 5) is 23.0. The molecule has 22 heavy (non-hydrogen) atoms. The van der Waals surface area contributed by atoms with Crippen LogP contribution in [-0.2, 0) is 6.54 Å². The summed E-state index contributed by atoms with van der Waals surface area (Å²) in [6.45, 7) is 2.58. The van der Waals surface area contributed by atoms with Crippen molar-refractivity contribution in [1.29, 1.82) is 0 Å². The highest BCUT2D eigenvalue weighted by Crippen LogP contribution is 2.19. The van der Waals surface area contributed by atoms with Gasteiger partial charge < -0.3 is 9.67 Å². The Balaban J connectivity index is 2.34. The Bertz CT molecular complexity index is 736. The van der Waals surface area contributed by atoms with Crippen LogP contribution >= 0.6 is 0 Å². The Morgan fingerprint density at radius 2 is 1.91 bits per heavy atom. The molecule has 0 aliphatic carbocycles. The van der Waals surface area contributed by atoms with E-state index >= 15 is 0 Å². The van der Waals surface area contributed by atoms with Crippen LogP contribution in [0.25, 0.3) is 10.9 Å². The van der Waals surface area contributed by atoms with E-state index in [2.05, 4.69) is 6.92 Å². The summed E-state index contributed by atoms with van der Waals surface area (Å²) in [5.74, 6) is -1.85. The lowest BCUT2D eigenvalue weighted by molar-refractivity contribution is 0.0696. The van der Waals surface area contributed by atoms with Gasteiger partial charge in [0.25, 0.3) is 5.56 Å². The van der Waals surface area contributed by atoms with E-state index in [0.29, 0.717) is 11.9 Å². The quantitative estimate of drug-likeness (QED) is 0.791. The van der Waals surface area contributed by atoms with Crippen LogP contribution in [0.15, 0.2) is 29.1 Å². The number of benzene rings is 1. The van der Waals surface area contributed by atoms with Gasteiger partial charge in [0.2, 0.25) is 0 Å². The molecule has 2 aromatic rings. The molecule has 0 bridgehead atoms. The van der Waals surface area contributed by atoms with Crippen molar-refractivity contribution in [3.05, 3.63) is 46.0 Å². The average Bonchev–Trinajstić information content (AvgIpc) is 2.48. The fourth-order valence-corrected chi connectivity index (χ4v) is 2.61. The highest BCUT2D eigenvalue weighted by atomic mass is 19.1. The molecule has 5 heteroatoms. The predicted octanol–water partition coefficient (Wildman–Crippen LogP) is 3.81. The number of aryl methyl sites for hydroxylation is 1. The number of carboxylic acid groups (broad SMARTS) is 1. The first-order valence-corrected chi connectivity index (χ1v) is 7.61. The number of halogens is 1. The van der Waals surface area contributed by atoms with Crippen molar-refractivity contribution in [2.24, 2.45) is 0 Å². The van der Waals surface area contributed by atoms with Gasteiger partial charge in [-0.25, -0.2) is 9.18 Å². The smallest absolute Gasteiger partial charge is 0.335 e. The standard InChI is InChI=1S/C17H20FNO3/c1-2-3-4-5-6-9-19-15(20)8-7-12-10-13(17(21)22)11-14(18)16(12)19/h7-8,10-11H,2-6,9H2,1H3,(H,21,22). The van der Waals surface area contributed by atoms with Gasteiger partial charge in [0.15, 0.2) is 0 Å². The predicted molar refractivity (Wildman–Crippen MR) is 83.9 cm³/mol. The zero-order chi connectivity index (χ0) is 16.1. The first-order chi connectivity index (χ1) is 10.5. The van der Waals surface area contributed by atoms with Crippen LogP contribution in [0.3, 0.4) is 0 Å². The number of carboxylic acids is 1. The van der Waals surface area contributed by atoms with Crippen LogP contribution in [0.4, 0.5) is 4.39 Å². The number of rotatable bonds is 7. The van der Waals surface area contributed by atoms with Crippen molar-refractivity contribution in [3.63, 3.8) is 0 Å². The molecule has 4 nitrogen and oxygen atoms in total. The topological polar surface area (TPSA) is 59.3 Å². The van der Waals surface area contributed by atoms with Crippen molar-refractivity contribution in [2.45, 2.75) is 45.6 Å². The van der Waals surface area contributed by atoms with E-state index in [9.17, 15) is 14.0 Å². The molecular weight excluding hydrogens is 285 g/mol. The minimum atomic E-state index is -1.18. The van der Waals surface area contributed by atoms with Crippen LogP contribution in [-0.4, -0.2) is 15.6 Å². The van der Waals surface area contributed by atoms with Gasteiger partial charge in [0.1, 0.15) is 5.82 Å². The molecule has 118 valence electrons. The van der Waals surface area contributed by atoms with Gasteiger partial charge in [-0.05, 0) is 24.6 Å². The van der Waals surface area contributed by atoms with Crippen molar-refractivity contribution < 1.29 is 14.3 Å². The maximum Gasteiger partial charge on any atom is 0.335 e. The number of unbranched alkanes of at least 4 members (excludes halogenated alkanes) is 4. The van der Waals surface area contributed by atoms with Gasteiger partial charge in [-0.1, -0.05) is 32.6 Å². The SMILES string of the molecule is CCCCCCCn1c(=O)ccc2cc(C(=O)O)cc(F)c21. The first kappa shape index (κ1) is 16.2. The molecule has 0 saturated heterocycles. The normalized spacial score (nSPS) is 11.0. The molecular formula is C17H20FNO3. The summed E-state index contributed by atoms with van der Waals surface area (Å²) >= 11 is 0. The number of hydrogen-bond acceptors (Lipinski definition) is 2. The van der Waals surface area contributed by atoms with Gasteiger partial charge in [-0.15, -0.1) is 0 Å². The Labute approximate surface area is 128 Å². The summed E-state index contributed by atoms with van der Waals surface area (Å²) < 4.78 is 15.7. The molecule has 1 heterocycles. The minimum absolute atomic E-state index is 0.113. The second-order valence-electron chi connectivity index (χ2n) is 5.44. The van der Waals surface area contributed by atoms with Crippen molar-refractivity contribution in [1.82, 2.24) is 4.57 Å². The van der Waals surface area contributed by atoms with Gasteiger partial charge in [-0.3, -0.25) is 4.79 Å². The van der Waals surface area contributed by atoms with Gasteiger partial charge in [0, 0.05) is 18.0 Å². The molecule has 0 atom stereocenters. The second-order valence-corrected chi connectivity index (χ2v) is 5.44. The Hall–Kier alpha value is -2.17. The van der Waals surface area contributed by atoms with E-state index in [1.165, 1.54) is 22.8 Å². The summed E-state index contributed by atoms with van der Waals surface area (Å²) in [7, 11) is 0. The molecule has 0 fully saturated rings. The van der Waals surface area contributed by atoms with Gasteiger partial charge in [-0.2, -0.15) is 0 Å². The fourth-order valence-electron chi connectivity index (χ4n) is 2.61. The third kappa shape index (κ3) is 3.53. The monoisotopic (exact) mass is 305 g/mol. The van der Waals surface area contributed by atoms with Gasteiger partial charge in [0.05, 0.1) is 11.1 Å². The van der Waals surface area contributed by atoms with Crippen LogP contribution in [0.2, 0.25) is 0 Å². The maximum atomic E-state index is 14.3. The Morgan fingerprint density at radius 3 is 2.59 bits per heavy atom. The molecule has 0 saturated carbocycles. The Kier molecular flexibility index (Phi) is 5.31. The van der Waals surface area contributed by atoms with Crippen molar-refractivity contribution in [2.75, 3.05) is 0 Å². The van der Waals surface area contributed by atoms with E-state index in [1.807, 2.05) is 0 Å². The molecule has 1 aromatic carbocycles. The summed E-state index contributed by atoms with van der Waals surface area (Å²) in [6, 6.07) is 5.20. The average molecular weight is 305 g/mol. The molecule has 0 spiro atoms. The minimum Gasteiger partial charge on any atom is -0.478 e. The molecule has 0 radical (unpaired) electrons.